The summed E-state index contributed by atoms with van der Waals surface area (Å²) < 4.78 is 33.8. The average molecular weight is 621 g/mol. The van der Waals surface area contributed by atoms with Crippen LogP contribution in [0.5, 0.6) is 0 Å². The smallest absolute Gasteiger partial charge is 0.377 e. The zero-order valence-corrected chi connectivity index (χ0v) is 29.7. The van der Waals surface area contributed by atoms with Crippen molar-refractivity contribution in [1.29, 1.82) is 0 Å². The quantitative estimate of drug-likeness (QED) is 0.148. The van der Waals surface area contributed by atoms with Crippen LogP contribution in [0, 0.1) is 0 Å². The van der Waals surface area contributed by atoms with Crippen LogP contribution < -0.4 is 10.6 Å². The van der Waals surface area contributed by atoms with Crippen molar-refractivity contribution in [1.82, 2.24) is 0 Å². The van der Waals surface area contributed by atoms with Gasteiger partial charge in [0, 0.05) is 53.2 Å². The Morgan fingerprint density at radius 2 is 1.05 bits per heavy atom. The van der Waals surface area contributed by atoms with Gasteiger partial charge in [-0.05, 0) is 51.6 Å². The number of hydrogen-bond donors (Lipinski definition) is 0. The number of rotatable bonds is 17. The van der Waals surface area contributed by atoms with Crippen molar-refractivity contribution in [2.24, 2.45) is 0 Å². The largest absolute Gasteiger partial charge is 0.501 e. The van der Waals surface area contributed by atoms with Crippen LogP contribution in [0.1, 0.15) is 34.6 Å². The van der Waals surface area contributed by atoms with E-state index in [1.165, 1.54) is 10.6 Å². The van der Waals surface area contributed by atoms with Gasteiger partial charge in [-0.25, -0.2) is 0 Å². The summed E-state index contributed by atoms with van der Waals surface area (Å²) in [6.07, 6.45) is 2.10. The highest BCUT2D eigenvalue weighted by Gasteiger charge is 2.39. The maximum Gasteiger partial charge on any atom is 0.501 e. The molecule has 2 unspecified atom stereocenters. The predicted octanol–water partition coefficient (Wildman–Crippen LogP) is 6.53. The summed E-state index contributed by atoms with van der Waals surface area (Å²) in [5.41, 5.74) is 0. The Kier molecular flexibility index (Phi) is 23.6. The molecule has 2 aromatic rings. The molecule has 218 valence electrons. The highest BCUT2D eigenvalue weighted by Crippen LogP contribution is 2.36. The summed E-state index contributed by atoms with van der Waals surface area (Å²) in [6.45, 7) is 12.0. The topological polar surface area (TPSA) is 55.4 Å². The third kappa shape index (κ3) is 14.0. The molecule has 6 nitrogen and oxygen atoms in total. The van der Waals surface area contributed by atoms with Gasteiger partial charge in [0.1, 0.15) is 0 Å². The molecule has 0 bridgehead atoms. The molecule has 0 amide bonds. The van der Waals surface area contributed by atoms with Crippen LogP contribution in [0.25, 0.3) is 0 Å². The summed E-state index contributed by atoms with van der Waals surface area (Å²) in [6, 6.07) is 23.1. The summed E-state index contributed by atoms with van der Waals surface area (Å²) in [5.74, 6) is 0. The minimum Gasteiger partial charge on any atom is -0.377 e. The molecule has 0 heterocycles. The van der Waals surface area contributed by atoms with E-state index in [9.17, 15) is 0 Å². The van der Waals surface area contributed by atoms with E-state index in [4.69, 9.17) is 26.6 Å². The summed E-state index contributed by atoms with van der Waals surface area (Å²) in [5, 5.41) is 2.74. The molecular formula is C27H51O6P3Si2. The van der Waals surface area contributed by atoms with Crippen LogP contribution in [-0.2, 0) is 26.6 Å². The molecule has 11 heteroatoms. The van der Waals surface area contributed by atoms with Crippen molar-refractivity contribution >= 4 is 53.3 Å². The molecule has 0 aliphatic heterocycles. The van der Waals surface area contributed by atoms with E-state index in [1.807, 2.05) is 34.6 Å². The predicted molar refractivity (Wildman–Crippen MR) is 175 cm³/mol. The van der Waals surface area contributed by atoms with E-state index in [2.05, 4.69) is 69.6 Å². The normalized spacial score (nSPS) is 11.7. The molecule has 0 aliphatic rings. The summed E-state index contributed by atoms with van der Waals surface area (Å²) >= 11 is 0. The van der Waals surface area contributed by atoms with E-state index >= 15 is 0 Å². The molecule has 0 aromatic heterocycles. The second kappa shape index (κ2) is 23.6. The Labute approximate surface area is 240 Å². The second-order valence-electron chi connectivity index (χ2n) is 7.55. The van der Waals surface area contributed by atoms with Crippen molar-refractivity contribution in [2.75, 3.05) is 53.5 Å². The van der Waals surface area contributed by atoms with Gasteiger partial charge in [-0.15, -0.1) is 17.2 Å². The molecule has 2 rings (SSSR count). The lowest BCUT2D eigenvalue weighted by molar-refractivity contribution is 0.0728. The van der Waals surface area contributed by atoms with E-state index in [0.717, 1.165) is 32.7 Å². The van der Waals surface area contributed by atoms with Crippen molar-refractivity contribution in [3.05, 3.63) is 60.7 Å². The minimum atomic E-state index is -2.53. The third-order valence-electron chi connectivity index (χ3n) is 5.38. The van der Waals surface area contributed by atoms with Crippen LogP contribution >= 0.6 is 25.1 Å². The molecule has 2 aromatic carbocycles. The molecule has 38 heavy (non-hydrogen) atoms. The van der Waals surface area contributed by atoms with Gasteiger partial charge in [-0.1, -0.05) is 74.5 Å². The monoisotopic (exact) mass is 620 g/mol. The standard InChI is InChI=1S/C17H23O3PSi.C8H22O3P2Si.C2H6/c1-18-22(19-2,20-3)15-14-21(16-10-6-4-7-11-16)17-12-8-5-9-13-17;1-4-9-14(10-5-2,11-6-3)8-7-13-12;1-2/h4-13H,14-15H2,1-3H3;13H,4-8,12H2,1-3H3;1-2H3. The number of hydrogen-bond acceptors (Lipinski definition) is 6. The lowest BCUT2D eigenvalue weighted by atomic mass is 10.4. The molecule has 0 spiro atoms. The fourth-order valence-corrected chi connectivity index (χ4v) is 13.7. The molecule has 0 N–H and O–H groups in total. The molecule has 0 aliphatic carbocycles. The van der Waals surface area contributed by atoms with Gasteiger partial charge in [-0.2, -0.15) is 0 Å². The SMILES string of the molecule is CC.CCO[Si](CCPP)(OCC)OCC.CO[Si](CCP(c1ccccc1)c1ccccc1)(OC)OC. The zero-order valence-electron chi connectivity index (χ0n) is 24.7. The first-order valence-electron chi connectivity index (χ1n) is 13.4. The van der Waals surface area contributed by atoms with E-state index in [0.29, 0.717) is 19.8 Å². The van der Waals surface area contributed by atoms with Gasteiger partial charge in [0.15, 0.2) is 0 Å². The maximum atomic E-state index is 5.70. The van der Waals surface area contributed by atoms with Gasteiger partial charge in [-0.3, -0.25) is 0 Å². The van der Waals surface area contributed by atoms with E-state index in [-0.39, 0.29) is 0 Å². The Hall–Kier alpha value is -0.0762. The van der Waals surface area contributed by atoms with Crippen LogP contribution in [0.2, 0.25) is 12.1 Å². The van der Waals surface area contributed by atoms with Crippen LogP contribution in [0.15, 0.2) is 60.7 Å². The van der Waals surface area contributed by atoms with Crippen LogP contribution in [0.4, 0.5) is 0 Å². The first-order chi connectivity index (χ1) is 18.5. The first-order valence-corrected chi connectivity index (χ1v) is 21.8. The summed E-state index contributed by atoms with van der Waals surface area (Å²) in [7, 11) is 3.33. The number of benzene rings is 2. The minimum absolute atomic E-state index is 0.438. The third-order valence-corrected chi connectivity index (χ3v) is 16.0. The van der Waals surface area contributed by atoms with Crippen molar-refractivity contribution < 1.29 is 26.6 Å². The van der Waals surface area contributed by atoms with E-state index < -0.39 is 25.5 Å². The van der Waals surface area contributed by atoms with Gasteiger partial charge in [0.2, 0.25) is 0 Å². The van der Waals surface area contributed by atoms with Crippen molar-refractivity contribution in [2.45, 2.75) is 46.7 Å². The lowest BCUT2D eigenvalue weighted by Gasteiger charge is -2.28. The second-order valence-corrected chi connectivity index (χ2v) is 17.8. The molecule has 0 fully saturated rings. The highest BCUT2D eigenvalue weighted by atomic mass is 32.0. The Bertz CT molecular complexity index is 724. The Balaban J connectivity index is 0.000000743. The summed E-state index contributed by atoms with van der Waals surface area (Å²) in [4.78, 5) is 0. The molecule has 0 saturated heterocycles. The first kappa shape index (κ1) is 37.9. The fourth-order valence-electron chi connectivity index (χ4n) is 3.65. The molecule has 0 radical (unpaired) electrons. The lowest BCUT2D eigenvalue weighted by Crippen LogP contribution is -2.46. The molecule has 2 atom stereocenters. The van der Waals surface area contributed by atoms with Gasteiger partial charge in [0.05, 0.1) is 0 Å². The van der Waals surface area contributed by atoms with Crippen LogP contribution in [-0.4, -0.2) is 71.1 Å². The van der Waals surface area contributed by atoms with Crippen LogP contribution in [0.3, 0.4) is 0 Å². The van der Waals surface area contributed by atoms with Gasteiger partial charge in [0.25, 0.3) is 0 Å². The zero-order chi connectivity index (χ0) is 28.7. The Morgan fingerprint density at radius 3 is 1.37 bits per heavy atom. The van der Waals surface area contributed by atoms with Crippen molar-refractivity contribution in [3.8, 4) is 0 Å². The van der Waals surface area contributed by atoms with E-state index in [1.54, 1.807) is 21.3 Å². The highest BCUT2D eigenvalue weighted by molar-refractivity contribution is 8.02. The molecule has 0 saturated carbocycles. The van der Waals surface area contributed by atoms with Gasteiger partial charge >= 0.3 is 17.6 Å². The molecular weight excluding hydrogens is 569 g/mol. The average Bonchev–Trinajstić information content (AvgIpc) is 2.97. The maximum absolute atomic E-state index is 5.70. The van der Waals surface area contributed by atoms with Gasteiger partial charge < -0.3 is 26.6 Å². The Morgan fingerprint density at radius 1 is 0.658 bits per heavy atom. The fraction of sp³-hybridized carbons (Fsp3) is 0.556. The van der Waals surface area contributed by atoms with Crippen molar-refractivity contribution in [3.63, 3.8) is 0 Å².